The maximum atomic E-state index is 12.4. The monoisotopic (exact) mass is 570 g/mol. The fraction of sp³-hybridized carbons (Fsp3) is 0.190. The summed E-state index contributed by atoms with van der Waals surface area (Å²) in [6.07, 6.45) is 4.61. The molecule has 0 aromatic heterocycles. The molecule has 1 amide bonds. The fourth-order valence-corrected chi connectivity index (χ4v) is 5.40. The van der Waals surface area contributed by atoms with Gasteiger partial charge in [-0.3, -0.25) is 4.79 Å². The quantitative estimate of drug-likeness (QED) is 0.252. The lowest BCUT2D eigenvalue weighted by Gasteiger charge is -2.13. The zero-order valence-electron chi connectivity index (χ0n) is 15.3. The van der Waals surface area contributed by atoms with Crippen molar-refractivity contribution in [1.29, 1.82) is 0 Å². The summed E-state index contributed by atoms with van der Waals surface area (Å²) < 4.78 is 7.49. The van der Waals surface area contributed by atoms with Crippen molar-refractivity contribution in [2.24, 2.45) is 0 Å². The van der Waals surface area contributed by atoms with Crippen molar-refractivity contribution in [1.82, 2.24) is 5.32 Å². The zero-order chi connectivity index (χ0) is 20.1. The number of amides is 1. The zero-order valence-corrected chi connectivity index (χ0v) is 19.9. The Kier molecular flexibility index (Phi) is 7.48. The SMILES string of the molecule is C=CCOc1c(Br)cc(/C=C2\S[C@H](Nc3ccc(CC)cc3)NC2=O)cc1I. The molecule has 2 aromatic rings. The van der Waals surface area contributed by atoms with E-state index in [1.165, 1.54) is 17.3 Å². The van der Waals surface area contributed by atoms with Crippen molar-refractivity contribution in [3.8, 4) is 5.75 Å². The molecule has 3 rings (SSSR count). The van der Waals surface area contributed by atoms with Crippen LogP contribution in [0.4, 0.5) is 5.69 Å². The molecule has 146 valence electrons. The number of rotatable bonds is 7. The molecule has 1 saturated heterocycles. The van der Waals surface area contributed by atoms with Crippen molar-refractivity contribution >= 4 is 68.0 Å². The van der Waals surface area contributed by atoms with Gasteiger partial charge in [-0.05, 0) is 86.4 Å². The van der Waals surface area contributed by atoms with E-state index in [4.69, 9.17) is 4.74 Å². The highest BCUT2D eigenvalue weighted by Crippen LogP contribution is 2.35. The van der Waals surface area contributed by atoms with E-state index in [2.05, 4.69) is 74.8 Å². The Morgan fingerprint density at radius 1 is 1.36 bits per heavy atom. The Labute approximate surface area is 191 Å². The van der Waals surface area contributed by atoms with Crippen LogP contribution in [-0.2, 0) is 11.2 Å². The van der Waals surface area contributed by atoms with Crippen molar-refractivity contribution in [3.05, 3.63) is 73.1 Å². The van der Waals surface area contributed by atoms with Gasteiger partial charge in [0.05, 0.1) is 12.9 Å². The first-order valence-corrected chi connectivity index (χ1v) is 11.5. The van der Waals surface area contributed by atoms with Crippen molar-refractivity contribution in [2.75, 3.05) is 11.9 Å². The first-order valence-electron chi connectivity index (χ1n) is 8.77. The first-order chi connectivity index (χ1) is 13.5. The van der Waals surface area contributed by atoms with E-state index in [0.29, 0.717) is 11.5 Å². The predicted molar refractivity (Wildman–Crippen MR) is 129 cm³/mol. The van der Waals surface area contributed by atoms with Crippen molar-refractivity contribution < 1.29 is 9.53 Å². The van der Waals surface area contributed by atoms with E-state index >= 15 is 0 Å². The van der Waals surface area contributed by atoms with Gasteiger partial charge >= 0.3 is 0 Å². The Hall–Kier alpha value is -1.45. The average Bonchev–Trinajstić information content (AvgIpc) is 3.00. The van der Waals surface area contributed by atoms with Gasteiger partial charge in [0.15, 0.2) is 5.50 Å². The number of hydrogen-bond acceptors (Lipinski definition) is 4. The fourth-order valence-electron chi connectivity index (χ4n) is 2.65. The van der Waals surface area contributed by atoms with E-state index < -0.39 is 0 Å². The third-order valence-electron chi connectivity index (χ3n) is 4.05. The Bertz CT molecular complexity index is 892. The Morgan fingerprint density at radius 3 is 2.75 bits per heavy atom. The third-order valence-corrected chi connectivity index (χ3v) is 6.47. The van der Waals surface area contributed by atoms with E-state index in [9.17, 15) is 4.79 Å². The van der Waals surface area contributed by atoms with Crippen LogP contribution in [-0.4, -0.2) is 18.0 Å². The summed E-state index contributed by atoms with van der Waals surface area (Å²) >= 11 is 7.25. The number of benzene rings is 2. The molecule has 1 fully saturated rings. The number of carbonyl (C=O) groups excluding carboxylic acids is 1. The van der Waals surface area contributed by atoms with Crippen LogP contribution in [0.15, 0.2) is 58.4 Å². The van der Waals surface area contributed by atoms with Gasteiger partial charge in [0.25, 0.3) is 5.91 Å². The van der Waals surface area contributed by atoms with Crippen LogP contribution in [0.5, 0.6) is 5.75 Å². The molecular formula is C21H20BrIN2O2S. The highest BCUT2D eigenvalue weighted by molar-refractivity contribution is 14.1. The van der Waals surface area contributed by atoms with Crippen LogP contribution in [0.2, 0.25) is 0 Å². The Morgan fingerprint density at radius 2 is 2.11 bits per heavy atom. The van der Waals surface area contributed by atoms with Gasteiger partial charge in [-0.2, -0.15) is 0 Å². The third kappa shape index (κ3) is 5.33. The van der Waals surface area contributed by atoms with E-state index in [-0.39, 0.29) is 11.4 Å². The maximum Gasteiger partial charge on any atom is 0.260 e. The number of aryl methyl sites for hydroxylation is 1. The minimum absolute atomic E-state index is 0.0780. The molecule has 0 radical (unpaired) electrons. The van der Waals surface area contributed by atoms with Crippen LogP contribution < -0.4 is 15.4 Å². The number of hydrogen-bond donors (Lipinski definition) is 2. The molecule has 0 unspecified atom stereocenters. The Balaban J connectivity index is 1.72. The molecule has 0 saturated carbocycles. The number of thioether (sulfide) groups is 1. The van der Waals surface area contributed by atoms with Crippen LogP contribution in [0.25, 0.3) is 6.08 Å². The maximum absolute atomic E-state index is 12.4. The van der Waals surface area contributed by atoms with Crippen molar-refractivity contribution in [2.45, 2.75) is 18.8 Å². The molecule has 4 nitrogen and oxygen atoms in total. The predicted octanol–water partition coefficient (Wildman–Crippen LogP) is 5.78. The minimum Gasteiger partial charge on any atom is -0.487 e. The number of ether oxygens (including phenoxy) is 1. The van der Waals surface area contributed by atoms with Gasteiger partial charge < -0.3 is 15.4 Å². The van der Waals surface area contributed by atoms with E-state index in [0.717, 1.165) is 31.5 Å². The van der Waals surface area contributed by atoms with Crippen LogP contribution in [0, 0.1) is 3.57 Å². The number of anilines is 1. The summed E-state index contributed by atoms with van der Waals surface area (Å²) in [5.41, 5.74) is 3.02. The highest BCUT2D eigenvalue weighted by atomic mass is 127. The molecule has 1 atom stereocenters. The standard InChI is InChI=1S/C21H20BrIN2O2S/c1-3-9-27-19-16(22)10-14(11-17(19)23)12-18-20(26)25-21(28-18)24-15-7-5-13(4-2)6-8-15/h3,5-8,10-12,21,24H,1,4,9H2,2H3,(H,25,26)/b18-12-/t21-/m1/s1. The molecule has 0 spiro atoms. The van der Waals surface area contributed by atoms with Gasteiger partial charge in [-0.1, -0.05) is 43.5 Å². The van der Waals surface area contributed by atoms with Crippen LogP contribution >= 0.6 is 50.3 Å². The average molecular weight is 571 g/mol. The van der Waals surface area contributed by atoms with Crippen LogP contribution in [0.3, 0.4) is 0 Å². The summed E-state index contributed by atoms with van der Waals surface area (Å²) in [5.74, 6) is 0.701. The first kappa shape index (κ1) is 21.3. The molecule has 28 heavy (non-hydrogen) atoms. The summed E-state index contributed by atoms with van der Waals surface area (Å²) in [7, 11) is 0. The summed E-state index contributed by atoms with van der Waals surface area (Å²) in [5, 5.41) is 6.31. The van der Waals surface area contributed by atoms with E-state index in [1.807, 2.05) is 30.3 Å². The van der Waals surface area contributed by atoms with Gasteiger partial charge in [0.2, 0.25) is 0 Å². The molecular weight excluding hydrogens is 551 g/mol. The smallest absolute Gasteiger partial charge is 0.260 e. The number of halogens is 2. The van der Waals surface area contributed by atoms with Crippen LogP contribution in [0.1, 0.15) is 18.1 Å². The summed E-state index contributed by atoms with van der Waals surface area (Å²) in [6, 6.07) is 12.2. The van der Waals surface area contributed by atoms with Gasteiger partial charge in [-0.25, -0.2) is 0 Å². The van der Waals surface area contributed by atoms with E-state index in [1.54, 1.807) is 6.08 Å². The molecule has 0 aliphatic carbocycles. The summed E-state index contributed by atoms with van der Waals surface area (Å²) in [4.78, 5) is 13.0. The second-order valence-corrected chi connectivity index (χ2v) is 9.25. The molecule has 2 N–H and O–H groups in total. The highest BCUT2D eigenvalue weighted by Gasteiger charge is 2.27. The van der Waals surface area contributed by atoms with Gasteiger partial charge in [0, 0.05) is 5.69 Å². The van der Waals surface area contributed by atoms with Crippen molar-refractivity contribution in [3.63, 3.8) is 0 Å². The largest absolute Gasteiger partial charge is 0.487 e. The minimum atomic E-state index is -0.191. The normalized spacial score (nSPS) is 17.5. The van der Waals surface area contributed by atoms with Gasteiger partial charge in [0.1, 0.15) is 12.4 Å². The molecule has 2 aromatic carbocycles. The molecule has 7 heteroatoms. The molecule has 0 bridgehead atoms. The van der Waals surface area contributed by atoms with Gasteiger partial charge in [-0.15, -0.1) is 0 Å². The summed E-state index contributed by atoms with van der Waals surface area (Å²) in [6.45, 7) is 6.24. The lowest BCUT2D eigenvalue weighted by molar-refractivity contribution is -0.116. The molecule has 1 aliphatic heterocycles. The topological polar surface area (TPSA) is 50.4 Å². The lowest BCUT2D eigenvalue weighted by atomic mass is 10.1. The molecule has 1 aliphatic rings. The second kappa shape index (κ2) is 9.84. The number of carbonyl (C=O) groups is 1. The molecule has 1 heterocycles. The second-order valence-electron chi connectivity index (χ2n) is 6.09. The lowest BCUT2D eigenvalue weighted by Crippen LogP contribution is -2.30. The number of nitrogens with one attached hydrogen (secondary N) is 2.